The standard InChI is InChI=1S/C17H28N6S2/c1-14-20-21-16(23(14)3)13-19-17(18-9-6-11-24-4)22(2)10-8-15-7-5-12-25-15/h5,7,12H,6,8-11,13H2,1-4H3,(H,18,19). The fourth-order valence-corrected chi connectivity index (χ4v) is 3.43. The van der Waals surface area contributed by atoms with Gasteiger partial charge in [-0.1, -0.05) is 6.07 Å². The quantitative estimate of drug-likeness (QED) is 0.412. The van der Waals surface area contributed by atoms with E-state index in [-0.39, 0.29) is 0 Å². The normalized spacial score (nSPS) is 11.8. The average molecular weight is 381 g/mol. The average Bonchev–Trinajstić information content (AvgIpc) is 3.24. The molecule has 6 nitrogen and oxygen atoms in total. The van der Waals surface area contributed by atoms with Crippen LogP contribution in [0.2, 0.25) is 0 Å². The number of hydrogen-bond donors (Lipinski definition) is 1. The number of rotatable bonds is 9. The highest BCUT2D eigenvalue weighted by Crippen LogP contribution is 2.09. The summed E-state index contributed by atoms with van der Waals surface area (Å²) in [6.07, 6.45) is 4.29. The second kappa shape index (κ2) is 10.5. The van der Waals surface area contributed by atoms with Crippen LogP contribution in [0.15, 0.2) is 22.5 Å². The number of aliphatic imine (C=N–C) groups is 1. The summed E-state index contributed by atoms with van der Waals surface area (Å²) in [4.78, 5) is 8.37. The van der Waals surface area contributed by atoms with E-state index in [1.807, 2.05) is 30.3 Å². The van der Waals surface area contributed by atoms with Crippen LogP contribution in [0.5, 0.6) is 0 Å². The van der Waals surface area contributed by atoms with Crippen LogP contribution < -0.4 is 5.32 Å². The lowest BCUT2D eigenvalue weighted by molar-refractivity contribution is 0.484. The van der Waals surface area contributed by atoms with Crippen LogP contribution in [0.1, 0.15) is 22.9 Å². The van der Waals surface area contributed by atoms with E-state index in [2.05, 4.69) is 51.2 Å². The topological polar surface area (TPSA) is 58.3 Å². The van der Waals surface area contributed by atoms with Gasteiger partial charge in [0.1, 0.15) is 12.4 Å². The third-order valence-electron chi connectivity index (χ3n) is 4.00. The number of nitrogens with one attached hydrogen (secondary N) is 1. The number of aromatic nitrogens is 3. The lowest BCUT2D eigenvalue weighted by Gasteiger charge is -2.22. The number of likely N-dealkylation sites (N-methyl/N-ethyl adjacent to an activating group) is 1. The summed E-state index contributed by atoms with van der Waals surface area (Å²) >= 11 is 3.68. The van der Waals surface area contributed by atoms with Crippen molar-refractivity contribution in [2.24, 2.45) is 12.0 Å². The smallest absolute Gasteiger partial charge is 0.194 e. The molecule has 8 heteroatoms. The Morgan fingerprint density at radius 3 is 2.92 bits per heavy atom. The van der Waals surface area contributed by atoms with Gasteiger partial charge >= 0.3 is 0 Å². The van der Waals surface area contributed by atoms with Crippen molar-refractivity contribution in [1.82, 2.24) is 25.0 Å². The highest BCUT2D eigenvalue weighted by Gasteiger charge is 2.09. The number of aryl methyl sites for hydroxylation is 1. The predicted octanol–water partition coefficient (Wildman–Crippen LogP) is 2.56. The van der Waals surface area contributed by atoms with Crippen molar-refractivity contribution in [3.05, 3.63) is 34.0 Å². The summed E-state index contributed by atoms with van der Waals surface area (Å²) in [7, 11) is 4.07. The van der Waals surface area contributed by atoms with E-state index >= 15 is 0 Å². The lowest BCUT2D eigenvalue weighted by atomic mass is 10.3. The third kappa shape index (κ3) is 6.36. The Morgan fingerprint density at radius 1 is 1.44 bits per heavy atom. The van der Waals surface area contributed by atoms with Gasteiger partial charge in [0, 0.05) is 32.1 Å². The van der Waals surface area contributed by atoms with Gasteiger partial charge in [0.25, 0.3) is 0 Å². The van der Waals surface area contributed by atoms with Crippen LogP contribution in [-0.2, 0) is 20.0 Å². The Labute approximate surface area is 158 Å². The molecular weight excluding hydrogens is 352 g/mol. The predicted molar refractivity (Wildman–Crippen MR) is 109 cm³/mol. The van der Waals surface area contributed by atoms with Gasteiger partial charge < -0.3 is 14.8 Å². The van der Waals surface area contributed by atoms with Crippen LogP contribution in [0.3, 0.4) is 0 Å². The molecule has 25 heavy (non-hydrogen) atoms. The molecule has 0 unspecified atom stereocenters. The fourth-order valence-electron chi connectivity index (χ4n) is 2.30. The first-order valence-electron chi connectivity index (χ1n) is 8.47. The number of thioether (sulfide) groups is 1. The molecule has 0 saturated heterocycles. The van der Waals surface area contributed by atoms with E-state index in [4.69, 9.17) is 4.99 Å². The van der Waals surface area contributed by atoms with Gasteiger partial charge in [-0.2, -0.15) is 11.8 Å². The molecule has 2 heterocycles. The minimum absolute atomic E-state index is 0.533. The summed E-state index contributed by atoms with van der Waals surface area (Å²) in [6, 6.07) is 4.29. The maximum atomic E-state index is 4.77. The number of thiophene rings is 1. The molecule has 138 valence electrons. The molecule has 0 spiro atoms. The largest absolute Gasteiger partial charge is 0.356 e. The zero-order chi connectivity index (χ0) is 18.1. The Morgan fingerprint density at radius 2 is 2.28 bits per heavy atom. The molecule has 0 aliphatic carbocycles. The zero-order valence-electron chi connectivity index (χ0n) is 15.5. The molecule has 0 bridgehead atoms. The van der Waals surface area contributed by atoms with Crippen molar-refractivity contribution in [3.8, 4) is 0 Å². The van der Waals surface area contributed by atoms with Crippen LogP contribution in [0.4, 0.5) is 0 Å². The molecular formula is C17H28N6S2. The van der Waals surface area contributed by atoms with E-state index < -0.39 is 0 Å². The second-order valence-electron chi connectivity index (χ2n) is 5.89. The molecule has 2 aromatic heterocycles. The maximum absolute atomic E-state index is 4.77. The molecule has 0 fully saturated rings. The SMILES string of the molecule is CSCCCNC(=NCc1nnc(C)n1C)N(C)CCc1cccs1. The number of nitrogens with zero attached hydrogens (tertiary/aromatic N) is 5. The molecule has 0 aromatic carbocycles. The van der Waals surface area contributed by atoms with Gasteiger partial charge in [0.2, 0.25) is 0 Å². The molecule has 0 aliphatic heterocycles. The van der Waals surface area contributed by atoms with Crippen LogP contribution in [0.25, 0.3) is 0 Å². The van der Waals surface area contributed by atoms with E-state index in [0.717, 1.165) is 49.3 Å². The maximum Gasteiger partial charge on any atom is 0.194 e. The van der Waals surface area contributed by atoms with E-state index in [1.54, 1.807) is 11.3 Å². The van der Waals surface area contributed by atoms with Crippen LogP contribution >= 0.6 is 23.1 Å². The van der Waals surface area contributed by atoms with Crippen LogP contribution in [-0.4, -0.2) is 57.8 Å². The summed E-state index contributed by atoms with van der Waals surface area (Å²) in [5.41, 5.74) is 0. The minimum Gasteiger partial charge on any atom is -0.356 e. The van der Waals surface area contributed by atoms with Crippen molar-refractivity contribution >= 4 is 29.1 Å². The Bertz CT molecular complexity index is 650. The molecule has 0 radical (unpaired) electrons. The van der Waals surface area contributed by atoms with Gasteiger partial charge in [-0.3, -0.25) is 0 Å². The van der Waals surface area contributed by atoms with Gasteiger partial charge in [-0.15, -0.1) is 21.5 Å². The Hall–Kier alpha value is -1.54. The molecule has 0 amide bonds. The second-order valence-corrected chi connectivity index (χ2v) is 7.90. The van der Waals surface area contributed by atoms with Gasteiger partial charge in [0.05, 0.1) is 0 Å². The van der Waals surface area contributed by atoms with E-state index in [1.165, 1.54) is 4.88 Å². The van der Waals surface area contributed by atoms with Crippen molar-refractivity contribution < 1.29 is 0 Å². The van der Waals surface area contributed by atoms with Crippen molar-refractivity contribution in [2.45, 2.75) is 26.3 Å². The zero-order valence-corrected chi connectivity index (χ0v) is 17.2. The van der Waals surface area contributed by atoms with Crippen molar-refractivity contribution in [1.29, 1.82) is 0 Å². The summed E-state index contributed by atoms with van der Waals surface area (Å²) in [5.74, 6) is 3.87. The van der Waals surface area contributed by atoms with Gasteiger partial charge in [0.15, 0.2) is 11.8 Å². The number of hydrogen-bond acceptors (Lipinski definition) is 5. The summed E-state index contributed by atoms with van der Waals surface area (Å²) in [6.45, 7) is 4.36. The molecule has 2 aromatic rings. The molecule has 0 atom stereocenters. The fraction of sp³-hybridized carbons (Fsp3) is 0.588. The summed E-state index contributed by atoms with van der Waals surface area (Å²) in [5, 5.41) is 13.9. The Kier molecular flexibility index (Phi) is 8.27. The third-order valence-corrected chi connectivity index (χ3v) is 5.63. The van der Waals surface area contributed by atoms with Crippen molar-refractivity contribution in [3.63, 3.8) is 0 Å². The first-order valence-corrected chi connectivity index (χ1v) is 10.7. The highest BCUT2D eigenvalue weighted by molar-refractivity contribution is 7.98. The van der Waals surface area contributed by atoms with Gasteiger partial charge in [-0.25, -0.2) is 4.99 Å². The highest BCUT2D eigenvalue weighted by atomic mass is 32.2. The van der Waals surface area contributed by atoms with Crippen LogP contribution in [0, 0.1) is 6.92 Å². The molecule has 0 aliphatic rings. The minimum atomic E-state index is 0.533. The van der Waals surface area contributed by atoms with Gasteiger partial charge in [-0.05, 0) is 43.2 Å². The molecule has 1 N–H and O–H groups in total. The number of guanidine groups is 1. The van der Waals surface area contributed by atoms with Crippen molar-refractivity contribution in [2.75, 3.05) is 32.1 Å². The molecule has 2 rings (SSSR count). The van der Waals surface area contributed by atoms with E-state index in [0.29, 0.717) is 6.54 Å². The summed E-state index contributed by atoms with van der Waals surface area (Å²) < 4.78 is 1.99. The first-order chi connectivity index (χ1) is 12.1. The lowest BCUT2D eigenvalue weighted by Crippen LogP contribution is -2.40. The van der Waals surface area contributed by atoms with E-state index in [9.17, 15) is 0 Å². The Balaban J connectivity index is 1.97. The molecule has 0 saturated carbocycles. The first kappa shape index (κ1) is 19.8. The monoisotopic (exact) mass is 380 g/mol.